The fraction of sp³-hybridized carbons (Fsp3) is 0.0769. The number of amides is 2. The third kappa shape index (κ3) is 3.82. The minimum absolute atomic E-state index is 0.0704. The lowest BCUT2D eigenvalue weighted by molar-refractivity contribution is -0.115. The second kappa shape index (κ2) is 6.01. The van der Waals surface area contributed by atoms with E-state index in [0.29, 0.717) is 11.3 Å². The van der Waals surface area contributed by atoms with Gasteiger partial charge in [-0.15, -0.1) is 0 Å². The summed E-state index contributed by atoms with van der Waals surface area (Å²) in [7, 11) is 0. The van der Waals surface area contributed by atoms with Crippen LogP contribution in [0.2, 0.25) is 0 Å². The van der Waals surface area contributed by atoms with E-state index in [4.69, 9.17) is 5.73 Å². The van der Waals surface area contributed by atoms with Gasteiger partial charge in [-0.1, -0.05) is 0 Å². The van der Waals surface area contributed by atoms with Gasteiger partial charge in [0, 0.05) is 16.6 Å². The van der Waals surface area contributed by atoms with Crippen LogP contribution in [-0.2, 0) is 4.79 Å². The number of carbonyl (C=O) groups is 2. The van der Waals surface area contributed by atoms with E-state index < -0.39 is 0 Å². The topological polar surface area (TPSA) is 84.2 Å². The van der Waals surface area contributed by atoms with E-state index in [2.05, 4.69) is 10.6 Å². The van der Waals surface area contributed by atoms with Gasteiger partial charge in [0.2, 0.25) is 5.91 Å². The van der Waals surface area contributed by atoms with Crippen LogP contribution in [0.15, 0.2) is 41.1 Å². The van der Waals surface area contributed by atoms with Crippen molar-refractivity contribution in [2.24, 2.45) is 0 Å². The van der Waals surface area contributed by atoms with Crippen molar-refractivity contribution in [2.75, 3.05) is 17.6 Å². The smallest absolute Gasteiger partial charge is 0.251 e. The number of anilines is 2. The summed E-state index contributed by atoms with van der Waals surface area (Å²) in [6.45, 7) is -0.0704. The third-order valence-electron chi connectivity index (χ3n) is 2.39. The van der Waals surface area contributed by atoms with E-state index in [1.807, 2.05) is 10.8 Å². The molecule has 0 fully saturated rings. The van der Waals surface area contributed by atoms with E-state index in [9.17, 15) is 9.59 Å². The molecule has 2 amide bonds. The van der Waals surface area contributed by atoms with Crippen LogP contribution in [0.4, 0.5) is 11.4 Å². The minimum atomic E-state index is -0.305. The molecule has 0 aliphatic carbocycles. The maximum Gasteiger partial charge on any atom is 0.251 e. The van der Waals surface area contributed by atoms with Gasteiger partial charge in [-0.3, -0.25) is 9.59 Å². The Morgan fingerprint density at radius 3 is 2.53 bits per heavy atom. The zero-order chi connectivity index (χ0) is 13.7. The molecule has 1 aromatic heterocycles. The molecule has 0 atom stereocenters. The van der Waals surface area contributed by atoms with Crippen molar-refractivity contribution < 1.29 is 9.59 Å². The molecule has 1 aromatic carbocycles. The highest BCUT2D eigenvalue weighted by Gasteiger charge is 2.08. The van der Waals surface area contributed by atoms with Crippen LogP contribution in [0.3, 0.4) is 0 Å². The van der Waals surface area contributed by atoms with Gasteiger partial charge in [0.05, 0.1) is 12.2 Å². The standard InChI is InChI=1S/C13H13N3O2S/c14-10-3-1-9(2-4-10)13(18)15-7-12(17)16-11-5-6-19-8-11/h1-6,8H,7,14H2,(H,15,18)(H,16,17). The first kappa shape index (κ1) is 13.1. The summed E-state index contributed by atoms with van der Waals surface area (Å²) in [5.41, 5.74) is 7.32. The van der Waals surface area contributed by atoms with E-state index >= 15 is 0 Å². The Labute approximate surface area is 114 Å². The highest BCUT2D eigenvalue weighted by molar-refractivity contribution is 7.08. The summed E-state index contributed by atoms with van der Waals surface area (Å²) in [5, 5.41) is 8.90. The van der Waals surface area contributed by atoms with Crippen LogP contribution >= 0.6 is 11.3 Å². The Kier molecular flexibility index (Phi) is 4.15. The molecule has 0 radical (unpaired) electrons. The molecule has 2 rings (SSSR count). The SMILES string of the molecule is Nc1ccc(C(=O)NCC(=O)Nc2ccsc2)cc1. The maximum absolute atomic E-state index is 11.7. The molecule has 0 unspecified atom stereocenters. The minimum Gasteiger partial charge on any atom is -0.399 e. The van der Waals surface area contributed by atoms with Gasteiger partial charge in [-0.05, 0) is 35.7 Å². The summed E-state index contributed by atoms with van der Waals surface area (Å²) in [6.07, 6.45) is 0. The van der Waals surface area contributed by atoms with Gasteiger partial charge in [-0.2, -0.15) is 11.3 Å². The average molecular weight is 275 g/mol. The quantitative estimate of drug-likeness (QED) is 0.742. The molecular formula is C13H13N3O2S. The number of benzene rings is 1. The number of thiophene rings is 1. The average Bonchev–Trinajstić information content (AvgIpc) is 2.89. The molecule has 2 aromatic rings. The van der Waals surface area contributed by atoms with E-state index in [1.165, 1.54) is 11.3 Å². The van der Waals surface area contributed by atoms with E-state index in [1.54, 1.807) is 30.3 Å². The van der Waals surface area contributed by atoms with Crippen LogP contribution in [0.1, 0.15) is 10.4 Å². The molecule has 98 valence electrons. The highest BCUT2D eigenvalue weighted by atomic mass is 32.1. The molecule has 1 heterocycles. The van der Waals surface area contributed by atoms with Gasteiger partial charge in [-0.25, -0.2) is 0 Å². The Bertz CT molecular complexity index is 564. The van der Waals surface area contributed by atoms with Crippen molar-refractivity contribution in [1.82, 2.24) is 5.32 Å². The van der Waals surface area contributed by atoms with Gasteiger partial charge in [0.1, 0.15) is 0 Å². The number of carbonyl (C=O) groups excluding carboxylic acids is 2. The number of nitrogens with one attached hydrogen (secondary N) is 2. The summed E-state index contributed by atoms with van der Waals surface area (Å²) in [4.78, 5) is 23.3. The van der Waals surface area contributed by atoms with Gasteiger partial charge < -0.3 is 16.4 Å². The molecule has 4 N–H and O–H groups in total. The first-order chi connectivity index (χ1) is 9.15. The van der Waals surface area contributed by atoms with Crippen LogP contribution in [0, 0.1) is 0 Å². The van der Waals surface area contributed by atoms with Gasteiger partial charge >= 0.3 is 0 Å². The molecular weight excluding hydrogens is 262 g/mol. The summed E-state index contributed by atoms with van der Waals surface area (Å²) in [6, 6.07) is 8.30. The van der Waals surface area contributed by atoms with Gasteiger partial charge in [0.15, 0.2) is 0 Å². The fourth-order valence-corrected chi connectivity index (χ4v) is 2.03. The van der Waals surface area contributed by atoms with Crippen molar-refractivity contribution in [3.63, 3.8) is 0 Å². The fourth-order valence-electron chi connectivity index (χ4n) is 1.44. The Morgan fingerprint density at radius 2 is 1.89 bits per heavy atom. The lowest BCUT2D eigenvalue weighted by Gasteiger charge is -2.06. The zero-order valence-electron chi connectivity index (χ0n) is 10.1. The van der Waals surface area contributed by atoms with Crippen molar-refractivity contribution in [1.29, 1.82) is 0 Å². The second-order valence-electron chi connectivity index (χ2n) is 3.86. The lowest BCUT2D eigenvalue weighted by Crippen LogP contribution is -2.32. The predicted octanol–water partition coefficient (Wildman–Crippen LogP) is 1.70. The molecule has 0 bridgehead atoms. The summed E-state index contributed by atoms with van der Waals surface area (Å²) in [5.74, 6) is -0.567. The van der Waals surface area contributed by atoms with Crippen molar-refractivity contribution >= 4 is 34.5 Å². The molecule has 0 saturated heterocycles. The van der Waals surface area contributed by atoms with Crippen molar-refractivity contribution in [2.45, 2.75) is 0 Å². The number of hydrogen-bond donors (Lipinski definition) is 3. The lowest BCUT2D eigenvalue weighted by atomic mass is 10.2. The molecule has 0 aliphatic heterocycles. The second-order valence-corrected chi connectivity index (χ2v) is 4.64. The van der Waals surface area contributed by atoms with Crippen LogP contribution in [-0.4, -0.2) is 18.4 Å². The van der Waals surface area contributed by atoms with Crippen molar-refractivity contribution in [3.05, 3.63) is 46.7 Å². The number of hydrogen-bond acceptors (Lipinski definition) is 4. The van der Waals surface area contributed by atoms with Crippen molar-refractivity contribution in [3.8, 4) is 0 Å². The Balaban J connectivity index is 1.83. The number of rotatable bonds is 4. The number of nitrogen functional groups attached to an aromatic ring is 1. The Morgan fingerprint density at radius 1 is 1.16 bits per heavy atom. The van der Waals surface area contributed by atoms with Gasteiger partial charge in [0.25, 0.3) is 5.91 Å². The number of nitrogens with two attached hydrogens (primary N) is 1. The molecule has 0 aliphatic rings. The van der Waals surface area contributed by atoms with Crippen LogP contribution < -0.4 is 16.4 Å². The normalized spacial score (nSPS) is 9.89. The van der Waals surface area contributed by atoms with Crippen LogP contribution in [0.5, 0.6) is 0 Å². The highest BCUT2D eigenvalue weighted by Crippen LogP contribution is 2.11. The maximum atomic E-state index is 11.7. The zero-order valence-corrected chi connectivity index (χ0v) is 10.9. The monoisotopic (exact) mass is 275 g/mol. The molecule has 19 heavy (non-hydrogen) atoms. The molecule has 5 nitrogen and oxygen atoms in total. The summed E-state index contributed by atoms with van der Waals surface area (Å²) < 4.78 is 0. The molecule has 0 saturated carbocycles. The van der Waals surface area contributed by atoms with E-state index in [0.717, 1.165) is 5.69 Å². The first-order valence-corrected chi connectivity index (χ1v) is 6.55. The van der Waals surface area contributed by atoms with Crippen LogP contribution in [0.25, 0.3) is 0 Å². The molecule has 6 heteroatoms. The summed E-state index contributed by atoms with van der Waals surface area (Å²) >= 11 is 1.49. The first-order valence-electron chi connectivity index (χ1n) is 5.61. The predicted molar refractivity (Wildman–Crippen MR) is 76.1 cm³/mol. The van der Waals surface area contributed by atoms with E-state index in [-0.39, 0.29) is 18.4 Å². The largest absolute Gasteiger partial charge is 0.399 e. The third-order valence-corrected chi connectivity index (χ3v) is 3.07. The molecule has 0 spiro atoms. The Hall–Kier alpha value is -2.34.